The van der Waals surface area contributed by atoms with Crippen LogP contribution in [0.2, 0.25) is 0 Å². The van der Waals surface area contributed by atoms with E-state index < -0.39 is 0 Å². The lowest BCUT2D eigenvalue weighted by Crippen LogP contribution is -2.15. The average molecular weight is 384 g/mol. The van der Waals surface area contributed by atoms with Crippen LogP contribution in [0.3, 0.4) is 0 Å². The van der Waals surface area contributed by atoms with Crippen LogP contribution in [0.1, 0.15) is 12.5 Å². The molecule has 0 aliphatic rings. The predicted molar refractivity (Wildman–Crippen MR) is 120 cm³/mol. The Bertz CT molecular complexity index is 1030. The van der Waals surface area contributed by atoms with Gasteiger partial charge in [0, 0.05) is 23.0 Å². The zero-order valence-electron chi connectivity index (χ0n) is 16.3. The van der Waals surface area contributed by atoms with Gasteiger partial charge in [-0.2, -0.15) is 0 Å². The second kappa shape index (κ2) is 9.37. The minimum atomic E-state index is -0.248. The van der Waals surface area contributed by atoms with E-state index in [1.807, 2.05) is 85.8 Å². The highest BCUT2D eigenvalue weighted by atomic mass is 16.1. The number of nitrogens with two attached hydrogens (primary N) is 1. The summed E-state index contributed by atoms with van der Waals surface area (Å²) in [5.74, 6) is 0.495. The number of benzene rings is 2. The quantitative estimate of drug-likeness (QED) is 0.517. The van der Waals surface area contributed by atoms with Gasteiger partial charge in [-0.05, 0) is 48.9 Å². The first-order chi connectivity index (χ1) is 14.0. The molecule has 1 unspecified atom stereocenters. The topological polar surface area (TPSA) is 80.0 Å². The summed E-state index contributed by atoms with van der Waals surface area (Å²) in [6, 6.07) is 23.2. The standard InChI is InChI=1S/C24H24N4O/c1-3-24(29)27-20-12-7-11-19(16-20)22-13-8-14-23(28-22)26-17(2)15-21(25)18-9-5-4-6-10-18/h3-17H,1,25H2,2H3,(H,26,28)(H,27,29)/b21-15-. The maximum atomic E-state index is 11.5. The third-order valence-electron chi connectivity index (χ3n) is 4.27. The summed E-state index contributed by atoms with van der Waals surface area (Å²) in [5, 5.41) is 6.12. The van der Waals surface area contributed by atoms with E-state index >= 15 is 0 Å². The van der Waals surface area contributed by atoms with E-state index in [-0.39, 0.29) is 11.9 Å². The Morgan fingerprint density at radius 1 is 1.07 bits per heavy atom. The number of carbonyl (C=O) groups is 1. The Morgan fingerprint density at radius 2 is 1.83 bits per heavy atom. The van der Waals surface area contributed by atoms with Gasteiger partial charge in [0.15, 0.2) is 0 Å². The van der Waals surface area contributed by atoms with Crippen molar-refractivity contribution in [3.8, 4) is 11.3 Å². The van der Waals surface area contributed by atoms with Crippen molar-refractivity contribution in [2.24, 2.45) is 5.73 Å². The van der Waals surface area contributed by atoms with Gasteiger partial charge in [0.1, 0.15) is 5.82 Å². The van der Waals surface area contributed by atoms with Crippen LogP contribution in [0.4, 0.5) is 11.5 Å². The molecule has 0 bridgehead atoms. The van der Waals surface area contributed by atoms with Gasteiger partial charge in [0.25, 0.3) is 0 Å². The molecule has 3 aromatic rings. The number of hydrogen-bond donors (Lipinski definition) is 3. The molecule has 0 spiro atoms. The smallest absolute Gasteiger partial charge is 0.247 e. The molecule has 1 aromatic heterocycles. The molecule has 2 aromatic carbocycles. The minimum Gasteiger partial charge on any atom is -0.398 e. The molecule has 0 aliphatic carbocycles. The summed E-state index contributed by atoms with van der Waals surface area (Å²) < 4.78 is 0. The van der Waals surface area contributed by atoms with Crippen LogP contribution in [0.15, 0.2) is 91.5 Å². The van der Waals surface area contributed by atoms with Crippen molar-refractivity contribution >= 4 is 23.1 Å². The van der Waals surface area contributed by atoms with Gasteiger partial charge in [-0.25, -0.2) is 4.98 Å². The molecule has 146 valence electrons. The number of carbonyl (C=O) groups excluding carboxylic acids is 1. The molecule has 4 N–H and O–H groups in total. The van der Waals surface area contributed by atoms with Gasteiger partial charge in [0.2, 0.25) is 5.91 Å². The number of nitrogens with zero attached hydrogens (tertiary/aromatic N) is 1. The van der Waals surface area contributed by atoms with Crippen molar-refractivity contribution < 1.29 is 4.79 Å². The van der Waals surface area contributed by atoms with E-state index in [1.165, 1.54) is 6.08 Å². The van der Waals surface area contributed by atoms with Gasteiger partial charge in [-0.1, -0.05) is 55.1 Å². The van der Waals surface area contributed by atoms with Gasteiger partial charge >= 0.3 is 0 Å². The number of hydrogen-bond acceptors (Lipinski definition) is 4. The Hall–Kier alpha value is -3.86. The third-order valence-corrected chi connectivity index (χ3v) is 4.27. The predicted octanol–water partition coefficient (Wildman–Crippen LogP) is 4.67. The lowest BCUT2D eigenvalue weighted by molar-refractivity contribution is -0.111. The zero-order chi connectivity index (χ0) is 20.6. The molecule has 1 heterocycles. The number of rotatable bonds is 7. The van der Waals surface area contributed by atoms with Gasteiger partial charge in [-0.15, -0.1) is 0 Å². The summed E-state index contributed by atoms with van der Waals surface area (Å²) in [6.07, 6.45) is 3.21. The molecule has 0 saturated carbocycles. The van der Waals surface area contributed by atoms with Gasteiger partial charge < -0.3 is 16.4 Å². The van der Waals surface area contributed by atoms with Crippen molar-refractivity contribution in [2.75, 3.05) is 10.6 Å². The van der Waals surface area contributed by atoms with E-state index in [0.717, 1.165) is 22.6 Å². The summed E-state index contributed by atoms with van der Waals surface area (Å²) in [4.78, 5) is 16.2. The van der Waals surface area contributed by atoms with Crippen molar-refractivity contribution in [1.82, 2.24) is 4.98 Å². The van der Waals surface area contributed by atoms with Crippen molar-refractivity contribution in [3.63, 3.8) is 0 Å². The van der Waals surface area contributed by atoms with Crippen LogP contribution < -0.4 is 16.4 Å². The molecule has 1 atom stereocenters. The Morgan fingerprint density at radius 3 is 2.59 bits per heavy atom. The van der Waals surface area contributed by atoms with E-state index in [2.05, 4.69) is 22.2 Å². The first-order valence-corrected chi connectivity index (χ1v) is 9.35. The first kappa shape index (κ1) is 19.9. The van der Waals surface area contributed by atoms with Crippen LogP contribution in [0.5, 0.6) is 0 Å². The number of pyridine rings is 1. The fourth-order valence-corrected chi connectivity index (χ4v) is 2.90. The largest absolute Gasteiger partial charge is 0.398 e. The minimum absolute atomic E-state index is 0.00355. The molecule has 0 saturated heterocycles. The Balaban J connectivity index is 1.75. The summed E-state index contributed by atoms with van der Waals surface area (Å²) in [7, 11) is 0. The maximum absolute atomic E-state index is 11.5. The number of nitrogens with one attached hydrogen (secondary N) is 2. The fraction of sp³-hybridized carbons (Fsp3) is 0.0833. The summed E-state index contributed by atoms with van der Waals surface area (Å²) in [6.45, 7) is 5.49. The second-order valence-corrected chi connectivity index (χ2v) is 6.60. The number of amides is 1. The Kier molecular flexibility index (Phi) is 6.43. The highest BCUT2D eigenvalue weighted by Gasteiger charge is 2.06. The lowest BCUT2D eigenvalue weighted by atomic mass is 10.1. The Labute approximate surface area is 171 Å². The maximum Gasteiger partial charge on any atom is 0.247 e. The summed E-state index contributed by atoms with van der Waals surface area (Å²) >= 11 is 0. The monoisotopic (exact) mass is 384 g/mol. The van der Waals surface area contributed by atoms with Crippen molar-refractivity contribution in [3.05, 3.63) is 97.1 Å². The van der Waals surface area contributed by atoms with Crippen LogP contribution in [0.25, 0.3) is 17.0 Å². The molecule has 0 fully saturated rings. The number of aromatic nitrogens is 1. The summed E-state index contributed by atoms with van der Waals surface area (Å²) in [5.41, 5.74) is 10.3. The lowest BCUT2D eigenvalue weighted by Gasteiger charge is -2.13. The van der Waals surface area contributed by atoms with Crippen LogP contribution in [0, 0.1) is 0 Å². The van der Waals surface area contributed by atoms with Gasteiger partial charge in [-0.3, -0.25) is 4.79 Å². The van der Waals surface area contributed by atoms with E-state index in [9.17, 15) is 4.79 Å². The highest BCUT2D eigenvalue weighted by molar-refractivity contribution is 5.99. The van der Waals surface area contributed by atoms with Crippen LogP contribution >= 0.6 is 0 Å². The molecule has 5 nitrogen and oxygen atoms in total. The van der Waals surface area contributed by atoms with Crippen molar-refractivity contribution in [2.45, 2.75) is 13.0 Å². The van der Waals surface area contributed by atoms with E-state index in [0.29, 0.717) is 11.4 Å². The molecule has 0 radical (unpaired) electrons. The molecule has 0 aliphatic heterocycles. The van der Waals surface area contributed by atoms with Crippen molar-refractivity contribution in [1.29, 1.82) is 0 Å². The normalized spacial score (nSPS) is 12.1. The van der Waals surface area contributed by atoms with E-state index in [1.54, 1.807) is 0 Å². The third kappa shape index (κ3) is 5.56. The molecule has 5 heteroatoms. The molecule has 29 heavy (non-hydrogen) atoms. The molecule has 1 amide bonds. The average Bonchev–Trinajstić information content (AvgIpc) is 2.74. The molecular formula is C24H24N4O. The fourth-order valence-electron chi connectivity index (χ4n) is 2.90. The first-order valence-electron chi connectivity index (χ1n) is 9.35. The van der Waals surface area contributed by atoms with E-state index in [4.69, 9.17) is 5.73 Å². The zero-order valence-corrected chi connectivity index (χ0v) is 16.3. The molecule has 3 rings (SSSR count). The second-order valence-electron chi connectivity index (χ2n) is 6.60. The molecular weight excluding hydrogens is 360 g/mol. The highest BCUT2D eigenvalue weighted by Crippen LogP contribution is 2.23. The number of anilines is 2. The van der Waals surface area contributed by atoms with Crippen LogP contribution in [-0.2, 0) is 4.79 Å². The SMILES string of the molecule is C=CC(=O)Nc1cccc(-c2cccc(NC(C)/C=C(\N)c3ccccc3)n2)c1. The van der Waals surface area contributed by atoms with Crippen LogP contribution in [-0.4, -0.2) is 16.9 Å². The van der Waals surface area contributed by atoms with Gasteiger partial charge in [0.05, 0.1) is 5.69 Å².